The first kappa shape index (κ1) is 12.3. The molecular weight excluding hydrogens is 212 g/mol. The summed E-state index contributed by atoms with van der Waals surface area (Å²) < 4.78 is 0. The van der Waals surface area contributed by atoms with Crippen LogP contribution < -0.4 is 10.2 Å². The molecule has 1 saturated heterocycles. The van der Waals surface area contributed by atoms with Gasteiger partial charge in [0.25, 0.3) is 0 Å². The van der Waals surface area contributed by atoms with Crippen LogP contribution in [0.4, 0.5) is 5.82 Å². The molecule has 2 rings (SSSR count). The predicted octanol–water partition coefficient (Wildman–Crippen LogP) is 1.83. The van der Waals surface area contributed by atoms with E-state index in [0.29, 0.717) is 12.1 Å². The third-order valence-electron chi connectivity index (χ3n) is 3.31. The van der Waals surface area contributed by atoms with Gasteiger partial charge in [-0.3, -0.25) is 0 Å². The highest BCUT2D eigenvalue weighted by atomic mass is 15.2. The summed E-state index contributed by atoms with van der Waals surface area (Å²) >= 11 is 0. The van der Waals surface area contributed by atoms with E-state index in [-0.39, 0.29) is 0 Å². The van der Waals surface area contributed by atoms with Crippen molar-refractivity contribution < 1.29 is 0 Å². The highest BCUT2D eigenvalue weighted by Gasteiger charge is 2.19. The average molecular weight is 234 g/mol. The number of hydrogen-bond donors (Lipinski definition) is 1. The van der Waals surface area contributed by atoms with Crippen molar-refractivity contribution in [3.8, 4) is 0 Å². The van der Waals surface area contributed by atoms with Crippen LogP contribution in [0.1, 0.15) is 33.1 Å². The van der Waals surface area contributed by atoms with Crippen LogP contribution >= 0.6 is 0 Å². The molecule has 94 valence electrons. The Morgan fingerprint density at radius 3 is 2.94 bits per heavy atom. The molecule has 0 aliphatic carbocycles. The smallest absolute Gasteiger partial charge is 0.132 e. The minimum Gasteiger partial charge on any atom is -0.353 e. The molecule has 1 unspecified atom stereocenters. The van der Waals surface area contributed by atoms with Gasteiger partial charge in [-0.1, -0.05) is 6.42 Å². The monoisotopic (exact) mass is 234 g/mol. The van der Waals surface area contributed by atoms with Gasteiger partial charge in [0, 0.05) is 24.8 Å². The summed E-state index contributed by atoms with van der Waals surface area (Å²) in [6.07, 6.45) is 7.36. The normalized spacial score (nSPS) is 20.5. The summed E-state index contributed by atoms with van der Waals surface area (Å²) in [6.45, 7) is 6.62. The van der Waals surface area contributed by atoms with Crippen molar-refractivity contribution in [2.24, 2.45) is 0 Å². The number of anilines is 1. The van der Waals surface area contributed by atoms with Crippen molar-refractivity contribution in [3.05, 3.63) is 18.6 Å². The molecule has 0 aromatic carbocycles. The maximum absolute atomic E-state index is 4.35. The zero-order valence-corrected chi connectivity index (χ0v) is 10.8. The Labute approximate surface area is 103 Å². The van der Waals surface area contributed by atoms with E-state index in [1.165, 1.54) is 19.3 Å². The van der Waals surface area contributed by atoms with Gasteiger partial charge in [-0.25, -0.2) is 9.97 Å². The van der Waals surface area contributed by atoms with Gasteiger partial charge < -0.3 is 10.2 Å². The zero-order valence-electron chi connectivity index (χ0n) is 10.8. The molecule has 4 nitrogen and oxygen atoms in total. The quantitative estimate of drug-likeness (QED) is 0.863. The Hall–Kier alpha value is -1.16. The molecule has 17 heavy (non-hydrogen) atoms. The van der Waals surface area contributed by atoms with E-state index in [1.54, 1.807) is 6.33 Å². The van der Waals surface area contributed by atoms with Crippen LogP contribution in [-0.4, -0.2) is 35.1 Å². The van der Waals surface area contributed by atoms with Gasteiger partial charge in [-0.05, 0) is 39.3 Å². The van der Waals surface area contributed by atoms with Crippen LogP contribution in [0.25, 0.3) is 0 Å². The Morgan fingerprint density at radius 1 is 1.47 bits per heavy atom. The molecule has 1 fully saturated rings. The van der Waals surface area contributed by atoms with E-state index in [9.17, 15) is 0 Å². The molecule has 4 heteroatoms. The summed E-state index contributed by atoms with van der Waals surface area (Å²) in [5, 5.41) is 3.59. The van der Waals surface area contributed by atoms with E-state index < -0.39 is 0 Å². The van der Waals surface area contributed by atoms with Gasteiger partial charge in [0.05, 0.1) is 0 Å². The molecule has 1 aliphatic heterocycles. The van der Waals surface area contributed by atoms with E-state index in [1.807, 2.05) is 12.3 Å². The lowest BCUT2D eigenvalue weighted by molar-refractivity contribution is 0.392. The number of nitrogens with one attached hydrogen (secondary N) is 1. The minimum absolute atomic E-state index is 0.466. The minimum atomic E-state index is 0.466. The maximum Gasteiger partial charge on any atom is 0.132 e. The molecule has 1 aromatic heterocycles. The summed E-state index contributed by atoms with van der Waals surface area (Å²) in [5.41, 5.74) is 0. The molecule has 1 atom stereocenters. The summed E-state index contributed by atoms with van der Waals surface area (Å²) in [5.74, 6) is 1.03. The number of aromatic nitrogens is 2. The largest absolute Gasteiger partial charge is 0.353 e. The van der Waals surface area contributed by atoms with Gasteiger partial charge >= 0.3 is 0 Å². The molecule has 0 saturated carbocycles. The molecule has 0 bridgehead atoms. The van der Waals surface area contributed by atoms with Crippen LogP contribution in [0.3, 0.4) is 0 Å². The van der Waals surface area contributed by atoms with Crippen LogP contribution in [0.5, 0.6) is 0 Å². The van der Waals surface area contributed by atoms with Crippen molar-refractivity contribution >= 4 is 5.82 Å². The Morgan fingerprint density at radius 2 is 2.35 bits per heavy atom. The fourth-order valence-corrected chi connectivity index (χ4v) is 2.34. The van der Waals surface area contributed by atoms with Crippen molar-refractivity contribution in [3.63, 3.8) is 0 Å². The van der Waals surface area contributed by atoms with Crippen molar-refractivity contribution in [1.29, 1.82) is 0 Å². The molecule has 0 spiro atoms. The zero-order chi connectivity index (χ0) is 12.1. The van der Waals surface area contributed by atoms with Gasteiger partial charge in [0.2, 0.25) is 0 Å². The number of hydrogen-bond acceptors (Lipinski definition) is 4. The van der Waals surface area contributed by atoms with E-state index in [4.69, 9.17) is 0 Å². The van der Waals surface area contributed by atoms with E-state index in [0.717, 1.165) is 18.9 Å². The Bertz CT molecular complexity index is 319. The standard InChI is InChI=1S/C13H22N4/c1-11(2)17(13-6-8-14-10-16-13)9-12-5-3-4-7-15-12/h6,8,10-12,15H,3-5,7,9H2,1-2H3. The first-order valence-electron chi connectivity index (χ1n) is 6.53. The van der Waals surface area contributed by atoms with E-state index >= 15 is 0 Å². The molecule has 1 N–H and O–H groups in total. The van der Waals surface area contributed by atoms with Gasteiger partial charge in [0.1, 0.15) is 12.1 Å². The highest BCUT2D eigenvalue weighted by Crippen LogP contribution is 2.16. The van der Waals surface area contributed by atoms with Crippen molar-refractivity contribution in [2.45, 2.75) is 45.2 Å². The van der Waals surface area contributed by atoms with Crippen LogP contribution in [0.15, 0.2) is 18.6 Å². The van der Waals surface area contributed by atoms with Crippen LogP contribution in [0, 0.1) is 0 Å². The fourth-order valence-electron chi connectivity index (χ4n) is 2.34. The van der Waals surface area contributed by atoms with Gasteiger partial charge in [-0.15, -0.1) is 0 Å². The third kappa shape index (κ3) is 3.40. The second kappa shape index (κ2) is 5.96. The third-order valence-corrected chi connectivity index (χ3v) is 3.31. The van der Waals surface area contributed by atoms with Crippen molar-refractivity contribution in [1.82, 2.24) is 15.3 Å². The lowest BCUT2D eigenvalue weighted by atomic mass is 10.0. The molecule has 1 aromatic rings. The summed E-state index contributed by atoms with van der Waals surface area (Å²) in [7, 11) is 0. The lowest BCUT2D eigenvalue weighted by Crippen LogP contribution is -2.46. The molecular formula is C13H22N4. The van der Waals surface area contributed by atoms with Gasteiger partial charge in [0.15, 0.2) is 0 Å². The topological polar surface area (TPSA) is 41.0 Å². The van der Waals surface area contributed by atoms with E-state index in [2.05, 4.69) is 34.0 Å². The average Bonchev–Trinajstić information content (AvgIpc) is 2.38. The first-order valence-corrected chi connectivity index (χ1v) is 6.53. The predicted molar refractivity (Wildman–Crippen MR) is 70.2 cm³/mol. The molecule has 0 radical (unpaired) electrons. The Kier molecular flexibility index (Phi) is 4.31. The summed E-state index contributed by atoms with van der Waals surface area (Å²) in [6, 6.07) is 3.05. The SMILES string of the molecule is CC(C)N(CC1CCCCN1)c1ccncn1. The number of piperidine rings is 1. The van der Waals surface area contributed by atoms with Crippen molar-refractivity contribution in [2.75, 3.05) is 18.0 Å². The highest BCUT2D eigenvalue weighted by molar-refractivity contribution is 5.37. The number of nitrogens with zero attached hydrogens (tertiary/aromatic N) is 3. The molecule has 1 aliphatic rings. The Balaban J connectivity index is 2.02. The van der Waals surface area contributed by atoms with Gasteiger partial charge in [-0.2, -0.15) is 0 Å². The lowest BCUT2D eigenvalue weighted by Gasteiger charge is -2.33. The molecule has 2 heterocycles. The van der Waals surface area contributed by atoms with Crippen LogP contribution in [0.2, 0.25) is 0 Å². The first-order chi connectivity index (χ1) is 8.27. The fraction of sp³-hybridized carbons (Fsp3) is 0.692. The summed E-state index contributed by atoms with van der Waals surface area (Å²) in [4.78, 5) is 10.7. The second-order valence-electron chi connectivity index (χ2n) is 4.96. The maximum atomic E-state index is 4.35. The second-order valence-corrected chi connectivity index (χ2v) is 4.96. The number of rotatable bonds is 4. The van der Waals surface area contributed by atoms with Crippen LogP contribution in [-0.2, 0) is 0 Å². The molecule has 0 amide bonds.